The monoisotopic (exact) mass is 208 g/mol. The van der Waals surface area contributed by atoms with Crippen molar-refractivity contribution in [2.75, 3.05) is 6.67 Å². The van der Waals surface area contributed by atoms with Crippen LogP contribution in [0.5, 0.6) is 0 Å². The molecule has 1 N–H and O–H groups in total. The van der Waals surface area contributed by atoms with E-state index in [2.05, 4.69) is 0 Å². The Morgan fingerprint density at radius 3 is 2.43 bits per heavy atom. The maximum absolute atomic E-state index is 12.2. The van der Waals surface area contributed by atoms with Crippen LogP contribution in [-0.2, 0) is 6.18 Å². The summed E-state index contributed by atoms with van der Waals surface area (Å²) in [5, 5.41) is 8.98. The molecule has 1 nitrogen and oxygen atoms in total. The molecule has 0 amide bonds. The number of rotatable bonds is 2. The summed E-state index contributed by atoms with van der Waals surface area (Å²) >= 11 is 0. The minimum absolute atomic E-state index is 0.0673. The predicted octanol–water partition coefficient (Wildman–Crippen LogP) is 2.71. The average Bonchev–Trinajstić information content (AvgIpc) is 2.15. The Morgan fingerprint density at radius 1 is 1.29 bits per heavy atom. The molecule has 0 heterocycles. The molecule has 5 heteroatoms. The van der Waals surface area contributed by atoms with Gasteiger partial charge in [0.1, 0.15) is 12.8 Å². The summed E-state index contributed by atoms with van der Waals surface area (Å²) in [6.45, 7) is -1.10. The van der Waals surface area contributed by atoms with Gasteiger partial charge in [0, 0.05) is 0 Å². The zero-order chi connectivity index (χ0) is 10.8. The number of aliphatic hydroxyl groups excluding tert-OH is 1. The van der Waals surface area contributed by atoms with Gasteiger partial charge in [0.25, 0.3) is 0 Å². The summed E-state index contributed by atoms with van der Waals surface area (Å²) in [7, 11) is 0. The molecule has 0 aromatic heterocycles. The van der Waals surface area contributed by atoms with Gasteiger partial charge >= 0.3 is 6.18 Å². The van der Waals surface area contributed by atoms with Gasteiger partial charge in [0.15, 0.2) is 0 Å². The van der Waals surface area contributed by atoms with Crippen molar-refractivity contribution in [3.05, 3.63) is 35.4 Å². The lowest BCUT2D eigenvalue weighted by atomic mass is 10.1. The van der Waals surface area contributed by atoms with Crippen molar-refractivity contribution >= 4 is 0 Å². The van der Waals surface area contributed by atoms with E-state index in [9.17, 15) is 17.6 Å². The number of hydrogen-bond acceptors (Lipinski definition) is 1. The van der Waals surface area contributed by atoms with E-state index in [0.29, 0.717) is 0 Å². The lowest BCUT2D eigenvalue weighted by Gasteiger charge is -2.10. The fourth-order valence-corrected chi connectivity index (χ4v) is 1.01. The summed E-state index contributed by atoms with van der Waals surface area (Å²) in [4.78, 5) is 0. The van der Waals surface area contributed by atoms with E-state index in [1.807, 2.05) is 0 Å². The quantitative estimate of drug-likeness (QED) is 0.741. The molecule has 0 saturated heterocycles. The van der Waals surface area contributed by atoms with E-state index in [1.165, 1.54) is 6.07 Å². The molecule has 1 rings (SSSR count). The molecular formula is C9H8F4O. The Kier molecular flexibility index (Phi) is 3.10. The Morgan fingerprint density at radius 2 is 1.93 bits per heavy atom. The second kappa shape index (κ2) is 3.96. The van der Waals surface area contributed by atoms with E-state index in [-0.39, 0.29) is 5.56 Å². The zero-order valence-corrected chi connectivity index (χ0v) is 7.05. The van der Waals surface area contributed by atoms with Gasteiger partial charge in [0.05, 0.1) is 5.56 Å². The second-order valence-electron chi connectivity index (χ2n) is 2.79. The van der Waals surface area contributed by atoms with Gasteiger partial charge in [-0.25, -0.2) is 4.39 Å². The second-order valence-corrected chi connectivity index (χ2v) is 2.79. The molecule has 0 aliphatic heterocycles. The first kappa shape index (κ1) is 11.0. The summed E-state index contributed by atoms with van der Waals surface area (Å²) in [5.41, 5.74) is -0.954. The number of alkyl halides is 4. The summed E-state index contributed by atoms with van der Waals surface area (Å²) in [6.07, 6.45) is -5.95. The van der Waals surface area contributed by atoms with Crippen LogP contribution >= 0.6 is 0 Å². The van der Waals surface area contributed by atoms with Crippen LogP contribution < -0.4 is 0 Å². The van der Waals surface area contributed by atoms with Gasteiger partial charge < -0.3 is 5.11 Å². The first-order chi connectivity index (χ1) is 6.45. The van der Waals surface area contributed by atoms with E-state index >= 15 is 0 Å². The fourth-order valence-electron chi connectivity index (χ4n) is 1.01. The van der Waals surface area contributed by atoms with Crippen molar-refractivity contribution in [1.82, 2.24) is 0 Å². The average molecular weight is 208 g/mol. The predicted molar refractivity (Wildman–Crippen MR) is 42.4 cm³/mol. The van der Waals surface area contributed by atoms with Gasteiger partial charge in [-0.15, -0.1) is 0 Å². The topological polar surface area (TPSA) is 20.2 Å². The normalized spacial score (nSPS) is 14.1. The van der Waals surface area contributed by atoms with Crippen LogP contribution in [0.3, 0.4) is 0 Å². The molecule has 14 heavy (non-hydrogen) atoms. The molecule has 0 saturated carbocycles. The van der Waals surface area contributed by atoms with E-state index < -0.39 is 24.5 Å². The van der Waals surface area contributed by atoms with E-state index in [4.69, 9.17) is 5.11 Å². The maximum atomic E-state index is 12.2. The molecule has 78 valence electrons. The Hall–Kier alpha value is -1.10. The molecule has 0 bridgehead atoms. The first-order valence-corrected chi connectivity index (χ1v) is 3.86. The summed E-state index contributed by atoms with van der Waals surface area (Å²) in [5.74, 6) is 0. The smallest absolute Gasteiger partial charge is 0.386 e. The molecule has 1 unspecified atom stereocenters. The van der Waals surface area contributed by atoms with Gasteiger partial charge in [0.2, 0.25) is 0 Å². The highest BCUT2D eigenvalue weighted by molar-refractivity contribution is 5.27. The molecule has 0 aliphatic rings. The molecule has 0 aliphatic carbocycles. The number of aliphatic hydroxyl groups is 1. The van der Waals surface area contributed by atoms with E-state index in [1.54, 1.807) is 0 Å². The van der Waals surface area contributed by atoms with Crippen molar-refractivity contribution in [1.29, 1.82) is 0 Å². The van der Waals surface area contributed by atoms with Crippen molar-refractivity contribution in [3.63, 3.8) is 0 Å². The molecule has 0 spiro atoms. The van der Waals surface area contributed by atoms with Crippen LogP contribution in [0.1, 0.15) is 17.2 Å². The molecule has 0 fully saturated rings. The maximum Gasteiger partial charge on any atom is 0.416 e. The van der Waals surface area contributed by atoms with Crippen LogP contribution in [0.25, 0.3) is 0 Å². The fraction of sp³-hybridized carbons (Fsp3) is 0.333. The molecule has 1 aromatic rings. The largest absolute Gasteiger partial charge is 0.416 e. The van der Waals surface area contributed by atoms with Crippen molar-refractivity contribution < 1.29 is 22.7 Å². The molecule has 0 radical (unpaired) electrons. The van der Waals surface area contributed by atoms with Crippen LogP contribution in [0.2, 0.25) is 0 Å². The van der Waals surface area contributed by atoms with E-state index in [0.717, 1.165) is 18.2 Å². The third kappa shape index (κ3) is 2.45. The highest BCUT2D eigenvalue weighted by atomic mass is 19.4. The van der Waals surface area contributed by atoms with Crippen LogP contribution in [-0.4, -0.2) is 11.8 Å². The molecule has 1 aromatic carbocycles. The molecule has 1 atom stereocenters. The summed E-state index contributed by atoms with van der Waals surface area (Å²) in [6, 6.07) is 4.00. The highest BCUT2D eigenvalue weighted by Gasteiger charge is 2.30. The third-order valence-corrected chi connectivity index (χ3v) is 1.74. The Labute approximate surface area is 78.0 Å². The minimum Gasteiger partial charge on any atom is -0.386 e. The van der Waals surface area contributed by atoms with Crippen molar-refractivity contribution in [2.45, 2.75) is 12.3 Å². The first-order valence-electron chi connectivity index (χ1n) is 3.86. The zero-order valence-electron chi connectivity index (χ0n) is 7.05. The summed E-state index contributed by atoms with van der Waals surface area (Å²) < 4.78 is 48.4. The van der Waals surface area contributed by atoms with Gasteiger partial charge in [-0.2, -0.15) is 13.2 Å². The van der Waals surface area contributed by atoms with Crippen LogP contribution in [0.15, 0.2) is 24.3 Å². The standard InChI is InChI=1S/C9H8F4O/c10-5-8(14)6-2-1-3-7(4-6)9(11,12)13/h1-4,8,14H,5H2. The van der Waals surface area contributed by atoms with Crippen molar-refractivity contribution in [3.8, 4) is 0 Å². The van der Waals surface area contributed by atoms with Gasteiger partial charge in [-0.3, -0.25) is 0 Å². The van der Waals surface area contributed by atoms with Crippen LogP contribution in [0, 0.1) is 0 Å². The Bertz CT molecular complexity index is 308. The Balaban J connectivity index is 3.01. The lowest BCUT2D eigenvalue weighted by Crippen LogP contribution is -2.07. The number of halogens is 4. The number of benzene rings is 1. The van der Waals surface area contributed by atoms with Crippen molar-refractivity contribution in [2.24, 2.45) is 0 Å². The van der Waals surface area contributed by atoms with Gasteiger partial charge in [-0.1, -0.05) is 12.1 Å². The number of hydrogen-bond donors (Lipinski definition) is 1. The van der Waals surface area contributed by atoms with Crippen LogP contribution in [0.4, 0.5) is 17.6 Å². The lowest BCUT2D eigenvalue weighted by molar-refractivity contribution is -0.137. The highest BCUT2D eigenvalue weighted by Crippen LogP contribution is 2.30. The minimum atomic E-state index is -4.47. The third-order valence-electron chi connectivity index (χ3n) is 1.74. The SMILES string of the molecule is OC(CF)c1cccc(C(F)(F)F)c1. The van der Waals surface area contributed by atoms with Gasteiger partial charge in [-0.05, 0) is 17.7 Å². The molecular weight excluding hydrogens is 200 g/mol.